The maximum atomic E-state index is 13.2. The minimum atomic E-state index is -3.59. The number of aryl methyl sites for hydroxylation is 1. The smallest absolute Gasteiger partial charge is 0.240 e. The Hall–Kier alpha value is -3.04. The first-order chi connectivity index (χ1) is 19.3. The summed E-state index contributed by atoms with van der Waals surface area (Å²) < 4.78 is 40.9. The molecule has 1 aromatic heterocycles. The second kappa shape index (κ2) is 12.6. The number of nitrogens with one attached hydrogen (secondary N) is 2. The summed E-state index contributed by atoms with van der Waals surface area (Å²) in [6.07, 6.45) is 6.24. The fraction of sp³-hybridized carbons (Fsp3) is 0.323. The Morgan fingerprint density at radius 3 is 2.45 bits per heavy atom. The number of Topliss-reactive ketones (excluding diaryl/α,β-unsaturated/α-hetero) is 1. The lowest BCUT2D eigenvalue weighted by molar-refractivity contribution is 0.0839. The van der Waals surface area contributed by atoms with Crippen molar-refractivity contribution in [3.63, 3.8) is 0 Å². The Kier molecular flexibility index (Phi) is 9.00. The molecule has 0 bridgehead atoms. The molecule has 210 valence electrons. The highest BCUT2D eigenvalue weighted by Crippen LogP contribution is 2.24. The summed E-state index contributed by atoms with van der Waals surface area (Å²) in [5.41, 5.74) is 3.98. The van der Waals surface area contributed by atoms with Gasteiger partial charge in [0.15, 0.2) is 5.78 Å². The molecule has 0 unspecified atom stereocenters. The molecule has 1 aliphatic heterocycles. The largest absolute Gasteiger partial charge is 0.361 e. The summed E-state index contributed by atoms with van der Waals surface area (Å²) in [4.78, 5) is 18.7. The highest BCUT2D eigenvalue weighted by molar-refractivity contribution is 7.89. The fourth-order valence-corrected chi connectivity index (χ4v) is 6.53. The Morgan fingerprint density at radius 2 is 1.73 bits per heavy atom. The number of hydrogen-bond donors (Lipinski definition) is 2. The summed E-state index contributed by atoms with van der Waals surface area (Å²) in [6, 6.07) is 18.2. The van der Waals surface area contributed by atoms with Gasteiger partial charge in [0.1, 0.15) is 5.82 Å². The van der Waals surface area contributed by atoms with Crippen LogP contribution in [0.2, 0.25) is 5.02 Å². The van der Waals surface area contributed by atoms with Crippen molar-refractivity contribution in [2.75, 3.05) is 26.2 Å². The van der Waals surface area contributed by atoms with E-state index in [1.54, 1.807) is 24.3 Å². The zero-order valence-electron chi connectivity index (χ0n) is 22.2. The van der Waals surface area contributed by atoms with E-state index in [1.807, 2.05) is 12.1 Å². The maximum absolute atomic E-state index is 13.2. The minimum absolute atomic E-state index is 0.00409. The van der Waals surface area contributed by atoms with Gasteiger partial charge in [-0.05, 0) is 124 Å². The summed E-state index contributed by atoms with van der Waals surface area (Å²) in [6.45, 7) is 3.05. The molecule has 1 saturated heterocycles. The molecule has 4 aromatic rings. The third-order valence-corrected chi connectivity index (χ3v) is 9.40. The zero-order valence-corrected chi connectivity index (χ0v) is 23.8. The molecule has 40 heavy (non-hydrogen) atoms. The van der Waals surface area contributed by atoms with Crippen LogP contribution >= 0.6 is 11.6 Å². The van der Waals surface area contributed by atoms with Gasteiger partial charge < -0.3 is 9.88 Å². The molecule has 3 aromatic carbocycles. The fourth-order valence-electron chi connectivity index (χ4n) is 5.38. The van der Waals surface area contributed by atoms with Crippen LogP contribution in [0.5, 0.6) is 0 Å². The van der Waals surface area contributed by atoms with Crippen LogP contribution in [0.4, 0.5) is 4.39 Å². The predicted octanol–water partition coefficient (Wildman–Crippen LogP) is 6.01. The summed E-state index contributed by atoms with van der Waals surface area (Å²) in [7, 11) is -3.59. The van der Waals surface area contributed by atoms with Crippen molar-refractivity contribution in [3.05, 3.63) is 100 Å². The normalized spacial score (nSPS) is 15.1. The van der Waals surface area contributed by atoms with E-state index in [0.29, 0.717) is 23.6 Å². The molecule has 2 N–H and O–H groups in total. The average molecular weight is 582 g/mol. The van der Waals surface area contributed by atoms with E-state index in [0.717, 1.165) is 56.4 Å². The number of aromatic amines is 1. The number of fused-ring (bicyclic) bond motifs is 1. The number of halogens is 2. The first-order valence-corrected chi connectivity index (χ1v) is 15.5. The number of sulfonamides is 1. The van der Waals surface area contributed by atoms with E-state index in [2.05, 4.69) is 26.9 Å². The molecular formula is C31H33ClFN3O3S. The van der Waals surface area contributed by atoms with Crippen LogP contribution in [0.15, 0.2) is 77.8 Å². The standard InChI is InChI=1S/C31H33ClFN3O3S/c32-26-6-10-28(11-7-26)40(38,39)35-16-13-22-3-12-30-29(20-22)25(21-34-30)2-1-17-36-18-14-24(15-19-36)31(37)23-4-8-27(33)9-5-23/h3-12,20-21,24,34-35H,1-2,13-19H2. The highest BCUT2D eigenvalue weighted by Gasteiger charge is 2.25. The van der Waals surface area contributed by atoms with E-state index in [-0.39, 0.29) is 22.4 Å². The Morgan fingerprint density at radius 1 is 1.00 bits per heavy atom. The number of rotatable bonds is 11. The van der Waals surface area contributed by atoms with Crippen LogP contribution in [0.3, 0.4) is 0 Å². The van der Waals surface area contributed by atoms with E-state index >= 15 is 0 Å². The molecule has 0 atom stereocenters. The van der Waals surface area contributed by atoms with Crippen LogP contribution in [-0.4, -0.2) is 50.3 Å². The van der Waals surface area contributed by atoms with Crippen molar-refractivity contribution in [3.8, 4) is 0 Å². The monoisotopic (exact) mass is 581 g/mol. The molecule has 0 spiro atoms. The van der Waals surface area contributed by atoms with Crippen LogP contribution < -0.4 is 4.72 Å². The second-order valence-electron chi connectivity index (χ2n) is 10.4. The van der Waals surface area contributed by atoms with Gasteiger partial charge in [-0.25, -0.2) is 17.5 Å². The number of hydrogen-bond acceptors (Lipinski definition) is 4. The average Bonchev–Trinajstić information content (AvgIpc) is 3.36. The summed E-state index contributed by atoms with van der Waals surface area (Å²) in [5, 5.41) is 1.66. The van der Waals surface area contributed by atoms with Crippen molar-refractivity contribution in [1.82, 2.24) is 14.6 Å². The van der Waals surface area contributed by atoms with Crippen LogP contribution in [-0.2, 0) is 22.9 Å². The van der Waals surface area contributed by atoms with E-state index in [9.17, 15) is 17.6 Å². The van der Waals surface area contributed by atoms with Gasteiger partial charge in [-0.3, -0.25) is 4.79 Å². The molecule has 0 amide bonds. The van der Waals surface area contributed by atoms with Crippen molar-refractivity contribution < 1.29 is 17.6 Å². The molecule has 1 fully saturated rings. The molecule has 5 rings (SSSR count). The van der Waals surface area contributed by atoms with Gasteiger partial charge in [0.2, 0.25) is 10.0 Å². The number of carbonyl (C=O) groups excluding carboxylic acids is 1. The second-order valence-corrected chi connectivity index (χ2v) is 12.6. The molecular weight excluding hydrogens is 549 g/mol. The van der Waals surface area contributed by atoms with Crippen molar-refractivity contribution in [1.29, 1.82) is 0 Å². The third-order valence-electron chi connectivity index (χ3n) is 7.67. The van der Waals surface area contributed by atoms with Gasteiger partial charge in [-0.1, -0.05) is 17.7 Å². The van der Waals surface area contributed by atoms with Gasteiger partial charge in [-0.2, -0.15) is 0 Å². The van der Waals surface area contributed by atoms with Crippen molar-refractivity contribution in [2.45, 2.75) is 37.0 Å². The van der Waals surface area contributed by atoms with Crippen LogP contribution in [0.1, 0.15) is 40.7 Å². The number of likely N-dealkylation sites (tertiary alicyclic amines) is 1. The number of aromatic nitrogens is 1. The van der Waals surface area contributed by atoms with Crippen molar-refractivity contribution in [2.24, 2.45) is 5.92 Å². The molecule has 9 heteroatoms. The van der Waals surface area contributed by atoms with E-state index in [1.165, 1.54) is 35.2 Å². The number of ketones is 1. The lowest BCUT2D eigenvalue weighted by Crippen LogP contribution is -2.37. The molecule has 6 nitrogen and oxygen atoms in total. The highest BCUT2D eigenvalue weighted by atomic mass is 35.5. The topological polar surface area (TPSA) is 82.3 Å². The quantitative estimate of drug-likeness (QED) is 0.213. The molecule has 1 aliphatic rings. The maximum Gasteiger partial charge on any atom is 0.240 e. The number of H-pyrrole nitrogens is 1. The third kappa shape index (κ3) is 6.99. The van der Waals surface area contributed by atoms with Gasteiger partial charge in [0.05, 0.1) is 4.90 Å². The van der Waals surface area contributed by atoms with Crippen molar-refractivity contribution >= 4 is 38.3 Å². The van der Waals surface area contributed by atoms with E-state index < -0.39 is 10.0 Å². The Balaban J connectivity index is 1.09. The lowest BCUT2D eigenvalue weighted by atomic mass is 9.89. The molecule has 0 saturated carbocycles. The molecule has 2 heterocycles. The summed E-state index contributed by atoms with van der Waals surface area (Å²) >= 11 is 5.87. The van der Waals surface area contributed by atoms with Gasteiger partial charge in [0.25, 0.3) is 0 Å². The zero-order chi connectivity index (χ0) is 28.1. The molecule has 0 radical (unpaired) electrons. The molecule has 0 aliphatic carbocycles. The number of nitrogens with zero attached hydrogens (tertiary/aromatic N) is 1. The van der Waals surface area contributed by atoms with Gasteiger partial charge in [0, 0.05) is 40.1 Å². The number of benzene rings is 3. The van der Waals surface area contributed by atoms with E-state index in [4.69, 9.17) is 11.6 Å². The summed E-state index contributed by atoms with van der Waals surface area (Å²) in [5.74, 6) is -0.202. The van der Waals surface area contributed by atoms with Gasteiger partial charge >= 0.3 is 0 Å². The van der Waals surface area contributed by atoms with Crippen LogP contribution in [0.25, 0.3) is 10.9 Å². The Labute approximate surface area is 239 Å². The number of carbonyl (C=O) groups is 1. The number of piperidine rings is 1. The SMILES string of the molecule is O=C(c1ccc(F)cc1)C1CCN(CCCc2c[nH]c3ccc(CCNS(=O)(=O)c4ccc(Cl)cc4)cc23)CC1. The van der Waals surface area contributed by atoms with Crippen LogP contribution in [0, 0.1) is 11.7 Å². The first kappa shape index (κ1) is 28.5. The minimum Gasteiger partial charge on any atom is -0.361 e. The predicted molar refractivity (Wildman–Crippen MR) is 157 cm³/mol. The Bertz CT molecular complexity index is 1560. The first-order valence-electron chi connectivity index (χ1n) is 13.6. The lowest BCUT2D eigenvalue weighted by Gasteiger charge is -2.31. The van der Waals surface area contributed by atoms with Gasteiger partial charge in [-0.15, -0.1) is 0 Å².